The maximum atomic E-state index is 9.71. The van der Waals surface area contributed by atoms with Crippen molar-refractivity contribution in [2.75, 3.05) is 0 Å². The number of benzene rings is 2. The van der Waals surface area contributed by atoms with E-state index in [0.717, 1.165) is 16.7 Å². The molecule has 0 atom stereocenters. The summed E-state index contributed by atoms with van der Waals surface area (Å²) >= 11 is 0. The summed E-state index contributed by atoms with van der Waals surface area (Å²) in [5.74, 6) is 0.279. The van der Waals surface area contributed by atoms with Crippen LogP contribution in [0, 0.1) is 0 Å². The van der Waals surface area contributed by atoms with Gasteiger partial charge in [-0.1, -0.05) is 36.4 Å². The van der Waals surface area contributed by atoms with Gasteiger partial charge in [-0.15, -0.1) is 0 Å². The molecule has 0 aliphatic carbocycles. The molecule has 2 aromatic carbocycles. The predicted octanol–water partition coefficient (Wildman–Crippen LogP) is 2.48. The molecule has 0 radical (unpaired) electrons. The average Bonchev–Trinajstić information content (AvgIpc) is 2.33. The Morgan fingerprint density at radius 1 is 0.875 bits per heavy atom. The van der Waals surface area contributed by atoms with Crippen LogP contribution in [0.15, 0.2) is 48.5 Å². The highest BCUT2D eigenvalue weighted by Crippen LogP contribution is 2.21. The summed E-state index contributed by atoms with van der Waals surface area (Å²) in [6.07, 6.45) is 0.681. The van der Waals surface area contributed by atoms with Crippen molar-refractivity contribution < 1.29 is 10.2 Å². The lowest BCUT2D eigenvalue weighted by Crippen LogP contribution is -1.91. The van der Waals surface area contributed by atoms with Gasteiger partial charge in [0.25, 0.3) is 0 Å². The summed E-state index contributed by atoms with van der Waals surface area (Å²) in [7, 11) is 0. The third-order valence-corrected chi connectivity index (χ3v) is 2.56. The Bertz CT molecular complexity index is 463. The molecule has 82 valence electrons. The smallest absolute Gasteiger partial charge is 0.119 e. The molecule has 0 aliphatic rings. The van der Waals surface area contributed by atoms with Crippen molar-refractivity contribution in [3.05, 3.63) is 65.2 Å². The maximum Gasteiger partial charge on any atom is 0.119 e. The fraction of sp³-hybridized carbons (Fsp3) is 0.143. The number of phenolic OH excluding ortho intramolecular Hbond substituents is 1. The van der Waals surface area contributed by atoms with Crippen LogP contribution in [0.25, 0.3) is 0 Å². The SMILES string of the molecule is OCc1ccc(O)c(Cc2ccccc2)c1. The Kier molecular flexibility index (Phi) is 3.22. The zero-order valence-corrected chi connectivity index (χ0v) is 8.93. The minimum absolute atomic E-state index is 0.00205. The van der Waals surface area contributed by atoms with Crippen molar-refractivity contribution in [1.82, 2.24) is 0 Å². The largest absolute Gasteiger partial charge is 0.508 e. The minimum Gasteiger partial charge on any atom is -0.508 e. The van der Waals surface area contributed by atoms with E-state index in [4.69, 9.17) is 5.11 Å². The van der Waals surface area contributed by atoms with Crippen molar-refractivity contribution >= 4 is 0 Å². The van der Waals surface area contributed by atoms with E-state index >= 15 is 0 Å². The van der Waals surface area contributed by atoms with Gasteiger partial charge in [0.1, 0.15) is 5.75 Å². The molecular formula is C14H14O2. The summed E-state index contributed by atoms with van der Waals surface area (Å²) in [6.45, 7) is 0.00205. The monoisotopic (exact) mass is 214 g/mol. The molecule has 2 rings (SSSR count). The maximum absolute atomic E-state index is 9.71. The van der Waals surface area contributed by atoms with Crippen molar-refractivity contribution in [3.63, 3.8) is 0 Å². The van der Waals surface area contributed by atoms with E-state index in [1.165, 1.54) is 0 Å². The highest BCUT2D eigenvalue weighted by molar-refractivity contribution is 5.39. The van der Waals surface area contributed by atoms with Crippen LogP contribution < -0.4 is 0 Å². The zero-order valence-electron chi connectivity index (χ0n) is 8.93. The molecule has 0 bridgehead atoms. The highest BCUT2D eigenvalue weighted by atomic mass is 16.3. The summed E-state index contributed by atoms with van der Waals surface area (Å²) in [4.78, 5) is 0. The van der Waals surface area contributed by atoms with Gasteiger partial charge in [-0.2, -0.15) is 0 Å². The Morgan fingerprint density at radius 2 is 1.62 bits per heavy atom. The normalized spacial score (nSPS) is 10.3. The number of hydrogen-bond acceptors (Lipinski definition) is 2. The molecular weight excluding hydrogens is 200 g/mol. The van der Waals surface area contributed by atoms with E-state index < -0.39 is 0 Å². The highest BCUT2D eigenvalue weighted by Gasteiger charge is 2.03. The van der Waals surface area contributed by atoms with Crippen LogP contribution in [0.3, 0.4) is 0 Å². The molecule has 0 heterocycles. The number of aromatic hydroxyl groups is 1. The van der Waals surface area contributed by atoms with Gasteiger partial charge in [0.2, 0.25) is 0 Å². The van der Waals surface area contributed by atoms with Crippen LogP contribution in [-0.2, 0) is 13.0 Å². The molecule has 2 aromatic rings. The fourth-order valence-corrected chi connectivity index (χ4v) is 1.69. The number of aliphatic hydroxyl groups excluding tert-OH is 1. The average molecular weight is 214 g/mol. The van der Waals surface area contributed by atoms with Gasteiger partial charge in [0.05, 0.1) is 6.61 Å². The Hall–Kier alpha value is -1.80. The van der Waals surface area contributed by atoms with Crippen LogP contribution >= 0.6 is 0 Å². The van der Waals surface area contributed by atoms with Gasteiger partial charge in [0.15, 0.2) is 0 Å². The second-order valence-electron chi connectivity index (χ2n) is 3.78. The summed E-state index contributed by atoms with van der Waals surface area (Å²) in [6, 6.07) is 15.1. The van der Waals surface area contributed by atoms with Gasteiger partial charge in [0, 0.05) is 6.42 Å². The topological polar surface area (TPSA) is 40.5 Å². The number of rotatable bonds is 3. The molecule has 16 heavy (non-hydrogen) atoms. The Balaban J connectivity index is 2.27. The first kappa shape index (κ1) is 10.7. The van der Waals surface area contributed by atoms with E-state index in [1.807, 2.05) is 36.4 Å². The lowest BCUT2D eigenvalue weighted by Gasteiger charge is -2.06. The number of phenols is 1. The summed E-state index contributed by atoms with van der Waals surface area (Å²) in [5, 5.41) is 18.7. The van der Waals surface area contributed by atoms with Crippen molar-refractivity contribution in [2.24, 2.45) is 0 Å². The lowest BCUT2D eigenvalue weighted by atomic mass is 10.0. The number of hydrogen-bond donors (Lipinski definition) is 2. The predicted molar refractivity (Wildman–Crippen MR) is 63.3 cm³/mol. The van der Waals surface area contributed by atoms with Crippen LogP contribution in [-0.4, -0.2) is 10.2 Å². The molecule has 0 amide bonds. The minimum atomic E-state index is 0.00205. The van der Waals surface area contributed by atoms with E-state index in [1.54, 1.807) is 12.1 Å². The first-order valence-corrected chi connectivity index (χ1v) is 5.25. The zero-order chi connectivity index (χ0) is 11.4. The summed E-state index contributed by atoms with van der Waals surface area (Å²) < 4.78 is 0. The van der Waals surface area contributed by atoms with E-state index in [9.17, 15) is 5.11 Å². The third-order valence-electron chi connectivity index (χ3n) is 2.56. The summed E-state index contributed by atoms with van der Waals surface area (Å²) in [5.41, 5.74) is 2.81. The second-order valence-corrected chi connectivity index (χ2v) is 3.78. The van der Waals surface area contributed by atoms with Crippen LogP contribution in [0.5, 0.6) is 5.75 Å². The molecule has 0 saturated heterocycles. The van der Waals surface area contributed by atoms with E-state index in [-0.39, 0.29) is 12.4 Å². The standard InChI is InChI=1S/C14H14O2/c15-10-12-6-7-14(16)13(9-12)8-11-4-2-1-3-5-11/h1-7,9,15-16H,8,10H2. The molecule has 0 aromatic heterocycles. The van der Waals surface area contributed by atoms with Crippen LogP contribution in [0.2, 0.25) is 0 Å². The first-order chi connectivity index (χ1) is 7.79. The molecule has 2 nitrogen and oxygen atoms in total. The molecule has 0 fully saturated rings. The lowest BCUT2D eigenvalue weighted by molar-refractivity contribution is 0.281. The Labute approximate surface area is 94.8 Å². The quantitative estimate of drug-likeness (QED) is 0.824. The second kappa shape index (κ2) is 4.81. The molecule has 0 aliphatic heterocycles. The molecule has 0 unspecified atom stereocenters. The van der Waals surface area contributed by atoms with Crippen molar-refractivity contribution in [2.45, 2.75) is 13.0 Å². The van der Waals surface area contributed by atoms with Gasteiger partial charge in [-0.3, -0.25) is 0 Å². The van der Waals surface area contributed by atoms with E-state index in [0.29, 0.717) is 6.42 Å². The molecule has 0 saturated carbocycles. The first-order valence-electron chi connectivity index (χ1n) is 5.25. The van der Waals surface area contributed by atoms with Gasteiger partial charge >= 0.3 is 0 Å². The van der Waals surface area contributed by atoms with Crippen molar-refractivity contribution in [1.29, 1.82) is 0 Å². The van der Waals surface area contributed by atoms with Crippen molar-refractivity contribution in [3.8, 4) is 5.75 Å². The molecule has 2 N–H and O–H groups in total. The van der Waals surface area contributed by atoms with Gasteiger partial charge < -0.3 is 10.2 Å². The Morgan fingerprint density at radius 3 is 2.31 bits per heavy atom. The van der Waals surface area contributed by atoms with Gasteiger partial charge in [-0.25, -0.2) is 0 Å². The molecule has 2 heteroatoms. The fourth-order valence-electron chi connectivity index (χ4n) is 1.69. The van der Waals surface area contributed by atoms with Gasteiger partial charge in [-0.05, 0) is 28.8 Å². The molecule has 0 spiro atoms. The third kappa shape index (κ3) is 2.41. The van der Waals surface area contributed by atoms with Crippen LogP contribution in [0.4, 0.5) is 0 Å². The van der Waals surface area contributed by atoms with E-state index in [2.05, 4.69) is 0 Å². The number of aliphatic hydroxyl groups is 1. The van der Waals surface area contributed by atoms with Crippen LogP contribution in [0.1, 0.15) is 16.7 Å².